The highest BCUT2D eigenvalue weighted by Crippen LogP contribution is 2.17. The van der Waals surface area contributed by atoms with Crippen LogP contribution in [0.25, 0.3) is 0 Å². The zero-order valence-corrected chi connectivity index (χ0v) is 16.3. The van der Waals surface area contributed by atoms with E-state index in [1.807, 2.05) is 45.3 Å². The first-order valence-electron chi connectivity index (χ1n) is 7.54. The van der Waals surface area contributed by atoms with Crippen molar-refractivity contribution >= 4 is 33.6 Å². The van der Waals surface area contributed by atoms with Crippen molar-refractivity contribution in [2.75, 3.05) is 26.4 Å². The number of likely N-dealkylation sites (N-methyl/N-ethyl adjacent to an activating group) is 1. The molecule has 1 amide bonds. The molecule has 1 aromatic heterocycles. The summed E-state index contributed by atoms with van der Waals surface area (Å²) in [5.74, 6) is 0.237. The third-order valence-electron chi connectivity index (χ3n) is 3.34. The van der Waals surface area contributed by atoms with Gasteiger partial charge in [-0.3, -0.25) is 4.79 Å². The van der Waals surface area contributed by atoms with Gasteiger partial charge in [0.05, 0.1) is 18.3 Å². The highest BCUT2D eigenvalue weighted by Gasteiger charge is 2.13. The number of aromatic nitrogens is 4. The van der Waals surface area contributed by atoms with E-state index in [9.17, 15) is 4.79 Å². The van der Waals surface area contributed by atoms with Gasteiger partial charge in [-0.05, 0) is 49.1 Å². The van der Waals surface area contributed by atoms with Crippen LogP contribution in [0.3, 0.4) is 0 Å². The molecular formula is C15H21BrN6OS. The minimum atomic E-state index is -0.0454. The average molecular weight is 413 g/mol. The fourth-order valence-electron chi connectivity index (χ4n) is 1.98. The molecule has 1 unspecified atom stereocenters. The Balaban J connectivity index is 1.83. The number of benzene rings is 1. The van der Waals surface area contributed by atoms with Crippen LogP contribution in [0.5, 0.6) is 0 Å². The lowest BCUT2D eigenvalue weighted by atomic mass is 10.1. The second kappa shape index (κ2) is 9.14. The lowest BCUT2D eigenvalue weighted by molar-refractivity contribution is -0.119. The molecular weight excluding hydrogens is 392 g/mol. The standard InChI is InChI=1S/C15H21BrN6OS/c1-11(12-4-6-13(16)7-5-12)17-14(23)10-24-15-18-19-20-22(15)9-8-21(2)3/h4-7,11H,8-10H2,1-3H3,(H,17,23). The molecule has 0 radical (unpaired) electrons. The number of nitrogens with one attached hydrogen (secondary N) is 1. The Morgan fingerprint density at radius 3 is 2.75 bits per heavy atom. The first-order chi connectivity index (χ1) is 11.5. The van der Waals surface area contributed by atoms with Crippen molar-refractivity contribution in [3.8, 4) is 0 Å². The molecule has 2 rings (SSSR count). The molecule has 130 valence electrons. The molecule has 9 heteroatoms. The van der Waals surface area contributed by atoms with Crippen LogP contribution in [0.4, 0.5) is 0 Å². The lowest BCUT2D eigenvalue weighted by Gasteiger charge is -2.14. The fourth-order valence-corrected chi connectivity index (χ4v) is 2.96. The quantitative estimate of drug-likeness (QED) is 0.667. The zero-order valence-electron chi connectivity index (χ0n) is 13.9. The van der Waals surface area contributed by atoms with E-state index >= 15 is 0 Å². The second-order valence-corrected chi connectivity index (χ2v) is 7.48. The molecule has 1 atom stereocenters. The maximum absolute atomic E-state index is 12.1. The highest BCUT2D eigenvalue weighted by atomic mass is 79.9. The third-order valence-corrected chi connectivity index (χ3v) is 4.82. The Kier molecular flexibility index (Phi) is 7.19. The molecule has 1 aromatic carbocycles. The summed E-state index contributed by atoms with van der Waals surface area (Å²) in [6.07, 6.45) is 0. The Labute approximate surface area is 154 Å². The van der Waals surface area contributed by atoms with Crippen LogP contribution in [0.15, 0.2) is 33.9 Å². The first-order valence-corrected chi connectivity index (χ1v) is 9.32. The zero-order chi connectivity index (χ0) is 17.5. The van der Waals surface area contributed by atoms with E-state index in [4.69, 9.17) is 0 Å². The summed E-state index contributed by atoms with van der Waals surface area (Å²) in [6.45, 7) is 3.50. The second-order valence-electron chi connectivity index (χ2n) is 5.62. The van der Waals surface area contributed by atoms with E-state index in [0.717, 1.165) is 16.6 Å². The van der Waals surface area contributed by atoms with Crippen LogP contribution in [0.2, 0.25) is 0 Å². The Morgan fingerprint density at radius 2 is 2.08 bits per heavy atom. The van der Waals surface area contributed by atoms with E-state index < -0.39 is 0 Å². The lowest BCUT2D eigenvalue weighted by Crippen LogP contribution is -2.28. The minimum Gasteiger partial charge on any atom is -0.349 e. The normalized spacial score (nSPS) is 12.4. The smallest absolute Gasteiger partial charge is 0.230 e. The number of carbonyl (C=O) groups excluding carboxylic acids is 1. The Morgan fingerprint density at radius 1 is 1.38 bits per heavy atom. The monoisotopic (exact) mass is 412 g/mol. The van der Waals surface area contributed by atoms with Crippen molar-refractivity contribution < 1.29 is 4.79 Å². The molecule has 0 fully saturated rings. The first kappa shape index (κ1) is 18.9. The van der Waals surface area contributed by atoms with Gasteiger partial charge >= 0.3 is 0 Å². The average Bonchev–Trinajstić information content (AvgIpc) is 2.99. The predicted octanol–water partition coefficient (Wildman–Crippen LogP) is 1.97. The number of hydrogen-bond acceptors (Lipinski definition) is 6. The maximum Gasteiger partial charge on any atom is 0.230 e. The van der Waals surface area contributed by atoms with Gasteiger partial charge in [-0.1, -0.05) is 39.8 Å². The molecule has 0 spiro atoms. The molecule has 2 aromatic rings. The molecule has 1 N–H and O–H groups in total. The van der Waals surface area contributed by atoms with Crippen LogP contribution < -0.4 is 5.32 Å². The van der Waals surface area contributed by atoms with Gasteiger partial charge in [-0.15, -0.1) is 5.10 Å². The molecule has 1 heterocycles. The van der Waals surface area contributed by atoms with Crippen LogP contribution >= 0.6 is 27.7 Å². The van der Waals surface area contributed by atoms with Crippen LogP contribution in [0, 0.1) is 0 Å². The summed E-state index contributed by atoms with van der Waals surface area (Å²) in [7, 11) is 3.99. The van der Waals surface area contributed by atoms with E-state index in [-0.39, 0.29) is 17.7 Å². The number of tetrazole rings is 1. The van der Waals surface area contributed by atoms with E-state index in [0.29, 0.717) is 11.7 Å². The molecule has 0 aliphatic rings. The van der Waals surface area contributed by atoms with Crippen LogP contribution in [-0.4, -0.2) is 57.4 Å². The van der Waals surface area contributed by atoms with E-state index in [2.05, 4.69) is 41.7 Å². The summed E-state index contributed by atoms with van der Waals surface area (Å²) in [6, 6.07) is 7.86. The topological polar surface area (TPSA) is 75.9 Å². The van der Waals surface area contributed by atoms with Gasteiger partial charge in [-0.25, -0.2) is 4.68 Å². The van der Waals surface area contributed by atoms with Gasteiger partial charge < -0.3 is 10.2 Å². The maximum atomic E-state index is 12.1. The van der Waals surface area contributed by atoms with Crippen molar-refractivity contribution in [2.45, 2.75) is 24.7 Å². The van der Waals surface area contributed by atoms with Gasteiger partial charge in [0.2, 0.25) is 11.1 Å². The van der Waals surface area contributed by atoms with Gasteiger partial charge in [0.25, 0.3) is 0 Å². The van der Waals surface area contributed by atoms with Gasteiger partial charge in [0, 0.05) is 11.0 Å². The summed E-state index contributed by atoms with van der Waals surface area (Å²) < 4.78 is 2.74. The summed E-state index contributed by atoms with van der Waals surface area (Å²) in [5, 5.41) is 15.3. The number of rotatable bonds is 8. The summed E-state index contributed by atoms with van der Waals surface area (Å²) in [5.41, 5.74) is 1.06. The predicted molar refractivity (Wildman–Crippen MR) is 97.8 cm³/mol. The fraction of sp³-hybridized carbons (Fsp3) is 0.467. The Bertz CT molecular complexity index is 660. The number of thioether (sulfide) groups is 1. The summed E-state index contributed by atoms with van der Waals surface area (Å²) >= 11 is 4.75. The number of carbonyl (C=O) groups is 1. The Hall–Kier alpha value is -1.45. The van der Waals surface area contributed by atoms with E-state index in [1.165, 1.54) is 11.8 Å². The molecule has 7 nitrogen and oxygen atoms in total. The van der Waals surface area contributed by atoms with Gasteiger partial charge in [-0.2, -0.15) is 0 Å². The SMILES string of the molecule is CC(NC(=O)CSc1nnnn1CCN(C)C)c1ccc(Br)cc1. The molecule has 0 saturated heterocycles. The number of amides is 1. The van der Waals surface area contributed by atoms with Crippen molar-refractivity contribution in [2.24, 2.45) is 0 Å². The van der Waals surface area contributed by atoms with Gasteiger partial charge in [0.15, 0.2) is 0 Å². The van der Waals surface area contributed by atoms with Crippen LogP contribution in [0.1, 0.15) is 18.5 Å². The minimum absolute atomic E-state index is 0.0439. The molecule has 0 aliphatic heterocycles. The largest absolute Gasteiger partial charge is 0.349 e. The van der Waals surface area contributed by atoms with Crippen molar-refractivity contribution in [1.82, 2.24) is 30.4 Å². The van der Waals surface area contributed by atoms with Crippen molar-refractivity contribution in [1.29, 1.82) is 0 Å². The molecule has 0 bridgehead atoms. The number of hydrogen-bond donors (Lipinski definition) is 1. The highest BCUT2D eigenvalue weighted by molar-refractivity contribution is 9.10. The van der Waals surface area contributed by atoms with Crippen molar-refractivity contribution in [3.05, 3.63) is 34.3 Å². The molecule has 0 saturated carbocycles. The number of nitrogens with zero attached hydrogens (tertiary/aromatic N) is 5. The molecule has 0 aliphatic carbocycles. The van der Waals surface area contributed by atoms with Crippen molar-refractivity contribution in [3.63, 3.8) is 0 Å². The third kappa shape index (κ3) is 5.88. The van der Waals surface area contributed by atoms with Crippen LogP contribution in [-0.2, 0) is 11.3 Å². The van der Waals surface area contributed by atoms with E-state index in [1.54, 1.807) is 4.68 Å². The molecule has 24 heavy (non-hydrogen) atoms. The van der Waals surface area contributed by atoms with Gasteiger partial charge in [0.1, 0.15) is 0 Å². The number of halogens is 1. The summed E-state index contributed by atoms with van der Waals surface area (Å²) in [4.78, 5) is 14.2.